The quantitative estimate of drug-likeness (QED) is 0.597. The van der Waals surface area contributed by atoms with E-state index in [2.05, 4.69) is 37.7 Å². The van der Waals surface area contributed by atoms with Gasteiger partial charge < -0.3 is 10.2 Å². The lowest BCUT2D eigenvalue weighted by Gasteiger charge is -2.24. The lowest BCUT2D eigenvalue weighted by Crippen LogP contribution is -2.20. The van der Waals surface area contributed by atoms with Gasteiger partial charge in [-0.1, -0.05) is 65.5 Å². The molecule has 1 aliphatic rings. The molecule has 1 amide bonds. The first-order valence-electron chi connectivity index (χ1n) is 10.8. The second-order valence-corrected chi connectivity index (χ2v) is 8.53. The Balaban J connectivity index is 0.00000166. The van der Waals surface area contributed by atoms with Gasteiger partial charge in [-0.2, -0.15) is 0 Å². The molecule has 1 heterocycles. The van der Waals surface area contributed by atoms with Crippen molar-refractivity contribution in [3.05, 3.63) is 83.2 Å². The fourth-order valence-electron chi connectivity index (χ4n) is 3.29. The zero-order valence-electron chi connectivity index (χ0n) is 20.1. The summed E-state index contributed by atoms with van der Waals surface area (Å²) in [7, 11) is 1.96. The van der Waals surface area contributed by atoms with E-state index < -0.39 is 0 Å². The fourth-order valence-corrected chi connectivity index (χ4v) is 3.29. The van der Waals surface area contributed by atoms with Crippen molar-refractivity contribution in [3.63, 3.8) is 0 Å². The van der Waals surface area contributed by atoms with Gasteiger partial charge in [0.2, 0.25) is 0 Å². The maximum Gasteiger partial charge on any atom is 0.255 e. The molecule has 0 saturated heterocycles. The van der Waals surface area contributed by atoms with Crippen LogP contribution in [0.2, 0.25) is 0 Å². The van der Waals surface area contributed by atoms with E-state index in [4.69, 9.17) is 0 Å². The first-order valence-corrected chi connectivity index (χ1v) is 10.8. The number of allylic oxidation sites excluding steroid dienone is 1. The Kier molecular flexibility index (Phi) is 7.61. The number of benzene rings is 2. The van der Waals surface area contributed by atoms with Crippen molar-refractivity contribution in [2.45, 2.75) is 53.9 Å². The standard InChI is InChI=1S/C25H29N3O.C2H6/c1-16-21(23-15-28(7)18(3)17(2)26-23)9-8-10-22(16)27-24(29)19-11-13-20(14-12-19)25(4,5)6;1-2/h8-15H,3H2,1-2,4-7H3,(H,27,29);1-2H3. The van der Waals surface area contributed by atoms with Gasteiger partial charge in [-0.05, 0) is 48.6 Å². The van der Waals surface area contributed by atoms with Crippen molar-refractivity contribution in [3.8, 4) is 0 Å². The lowest BCUT2D eigenvalue weighted by atomic mass is 9.86. The summed E-state index contributed by atoms with van der Waals surface area (Å²) in [5, 5.41) is 3.05. The molecule has 4 heteroatoms. The molecule has 4 nitrogen and oxygen atoms in total. The van der Waals surface area contributed by atoms with Crippen LogP contribution in [0.5, 0.6) is 0 Å². The summed E-state index contributed by atoms with van der Waals surface area (Å²) in [6, 6.07) is 13.7. The third kappa shape index (κ3) is 5.52. The largest absolute Gasteiger partial charge is 0.348 e. The highest BCUT2D eigenvalue weighted by Crippen LogP contribution is 2.30. The Hall–Kier alpha value is -3.14. The predicted octanol–water partition coefficient (Wildman–Crippen LogP) is 6.79. The summed E-state index contributed by atoms with van der Waals surface area (Å²) in [5.41, 5.74) is 7.30. The number of hydrogen-bond donors (Lipinski definition) is 1. The Morgan fingerprint density at radius 3 is 2.19 bits per heavy atom. The number of carbonyl (C=O) groups excluding carboxylic acids is 1. The Morgan fingerprint density at radius 1 is 1.03 bits per heavy atom. The first kappa shape index (κ1) is 24.1. The molecule has 0 bridgehead atoms. The van der Waals surface area contributed by atoms with Crippen molar-refractivity contribution in [2.24, 2.45) is 4.99 Å². The molecule has 0 spiro atoms. The zero-order chi connectivity index (χ0) is 23.3. The van der Waals surface area contributed by atoms with Crippen molar-refractivity contribution in [1.29, 1.82) is 0 Å². The van der Waals surface area contributed by atoms with E-state index in [0.717, 1.165) is 33.9 Å². The molecule has 0 saturated carbocycles. The van der Waals surface area contributed by atoms with Crippen LogP contribution in [0.25, 0.3) is 5.70 Å². The van der Waals surface area contributed by atoms with Gasteiger partial charge in [-0.3, -0.25) is 4.79 Å². The van der Waals surface area contributed by atoms with Crippen LogP contribution in [0.3, 0.4) is 0 Å². The Morgan fingerprint density at radius 2 is 1.65 bits per heavy atom. The molecule has 164 valence electrons. The smallest absolute Gasteiger partial charge is 0.255 e. The van der Waals surface area contributed by atoms with Gasteiger partial charge in [0.25, 0.3) is 5.91 Å². The number of carbonyl (C=O) groups is 1. The number of hydrogen-bond acceptors (Lipinski definition) is 3. The maximum atomic E-state index is 12.8. The Bertz CT molecular complexity index is 1020. The molecule has 0 radical (unpaired) electrons. The predicted molar refractivity (Wildman–Crippen MR) is 134 cm³/mol. The van der Waals surface area contributed by atoms with Gasteiger partial charge >= 0.3 is 0 Å². The number of rotatable bonds is 3. The van der Waals surface area contributed by atoms with Crippen molar-refractivity contribution in [2.75, 3.05) is 12.4 Å². The molecule has 2 aromatic carbocycles. The minimum absolute atomic E-state index is 0.0603. The third-order valence-electron chi connectivity index (χ3n) is 5.32. The number of amides is 1. The van der Waals surface area contributed by atoms with Gasteiger partial charge in [0.15, 0.2) is 0 Å². The number of nitrogens with zero attached hydrogens (tertiary/aromatic N) is 2. The van der Waals surface area contributed by atoms with Crippen molar-refractivity contribution >= 4 is 23.0 Å². The van der Waals surface area contributed by atoms with Gasteiger partial charge in [0.05, 0.1) is 17.1 Å². The van der Waals surface area contributed by atoms with E-state index in [9.17, 15) is 4.79 Å². The van der Waals surface area contributed by atoms with Crippen LogP contribution in [-0.4, -0.2) is 23.6 Å². The van der Waals surface area contributed by atoms with Crippen LogP contribution in [0.4, 0.5) is 5.69 Å². The number of nitrogens with one attached hydrogen (secondary N) is 1. The summed E-state index contributed by atoms with van der Waals surface area (Å²) in [6.07, 6.45) is 1.97. The van der Waals surface area contributed by atoms with E-state index in [1.54, 1.807) is 0 Å². The van der Waals surface area contributed by atoms with Crippen LogP contribution in [0.15, 0.2) is 65.9 Å². The van der Waals surface area contributed by atoms with E-state index >= 15 is 0 Å². The normalized spacial score (nSPS) is 13.7. The second-order valence-electron chi connectivity index (χ2n) is 8.53. The van der Waals surface area contributed by atoms with E-state index in [-0.39, 0.29) is 11.3 Å². The molecule has 3 rings (SSSR count). The topological polar surface area (TPSA) is 44.7 Å². The van der Waals surface area contributed by atoms with Gasteiger partial charge in [-0.15, -0.1) is 0 Å². The number of aliphatic imine (C=N–C) groups is 1. The molecular weight excluding hydrogens is 382 g/mol. The van der Waals surface area contributed by atoms with Crippen LogP contribution in [0, 0.1) is 6.92 Å². The summed E-state index contributed by atoms with van der Waals surface area (Å²) in [5.74, 6) is -0.117. The van der Waals surface area contributed by atoms with Crippen LogP contribution in [0.1, 0.15) is 68.6 Å². The number of anilines is 1. The highest BCUT2D eigenvalue weighted by molar-refractivity contribution is 6.05. The molecule has 0 atom stereocenters. The molecule has 0 aliphatic carbocycles. The zero-order valence-corrected chi connectivity index (χ0v) is 20.1. The molecule has 2 aromatic rings. The highest BCUT2D eigenvalue weighted by Gasteiger charge is 2.18. The second kappa shape index (κ2) is 9.78. The lowest BCUT2D eigenvalue weighted by molar-refractivity contribution is 0.102. The fraction of sp³-hybridized carbons (Fsp3) is 0.333. The summed E-state index contributed by atoms with van der Waals surface area (Å²) >= 11 is 0. The summed E-state index contributed by atoms with van der Waals surface area (Å²) < 4.78 is 0. The molecule has 31 heavy (non-hydrogen) atoms. The molecule has 0 fully saturated rings. The third-order valence-corrected chi connectivity index (χ3v) is 5.32. The average molecular weight is 418 g/mol. The molecule has 1 N–H and O–H groups in total. The van der Waals surface area contributed by atoms with Crippen molar-refractivity contribution in [1.82, 2.24) is 4.90 Å². The van der Waals surface area contributed by atoms with Crippen molar-refractivity contribution < 1.29 is 4.79 Å². The Labute approximate surface area is 187 Å². The molecule has 1 aliphatic heterocycles. The van der Waals surface area contributed by atoms with Gasteiger partial charge in [0, 0.05) is 30.1 Å². The van der Waals surface area contributed by atoms with Crippen LogP contribution in [-0.2, 0) is 5.41 Å². The minimum Gasteiger partial charge on any atom is -0.348 e. The van der Waals surface area contributed by atoms with E-state index in [0.29, 0.717) is 5.56 Å². The average Bonchev–Trinajstić information content (AvgIpc) is 2.74. The van der Waals surface area contributed by atoms with Crippen LogP contribution < -0.4 is 5.32 Å². The molecular formula is C27H35N3O. The van der Waals surface area contributed by atoms with E-state index in [1.807, 2.05) is 88.3 Å². The summed E-state index contributed by atoms with van der Waals surface area (Å²) in [6.45, 7) is 18.5. The van der Waals surface area contributed by atoms with E-state index in [1.165, 1.54) is 5.56 Å². The highest BCUT2D eigenvalue weighted by atomic mass is 16.1. The first-order chi connectivity index (χ1) is 14.6. The minimum atomic E-state index is -0.117. The monoisotopic (exact) mass is 417 g/mol. The van der Waals surface area contributed by atoms with Crippen LogP contribution >= 0.6 is 0 Å². The molecule has 0 aromatic heterocycles. The van der Waals surface area contributed by atoms with Gasteiger partial charge in [0.1, 0.15) is 0 Å². The SMILES string of the molecule is C=C1C(C)=NC(c2cccc(NC(=O)c3ccc(C(C)(C)C)cc3)c2C)=CN1C.CC. The molecule has 0 unspecified atom stereocenters. The maximum absolute atomic E-state index is 12.8. The van der Waals surface area contributed by atoms with Gasteiger partial charge in [-0.25, -0.2) is 4.99 Å². The summed E-state index contributed by atoms with van der Waals surface area (Å²) in [4.78, 5) is 19.4.